The van der Waals surface area contributed by atoms with Crippen LogP contribution in [0.4, 0.5) is 14.5 Å². The second kappa shape index (κ2) is 5.53. The van der Waals surface area contributed by atoms with E-state index in [0.29, 0.717) is 0 Å². The molecule has 110 valence electrons. The molecular formula is C16H14ClF2NO. The fraction of sp³-hybridized carbons (Fsp3) is 0.250. The Kier molecular flexibility index (Phi) is 3.72. The minimum atomic E-state index is -0.684. The number of methoxy groups -OCH3 is 1. The van der Waals surface area contributed by atoms with E-state index in [-0.39, 0.29) is 16.8 Å². The van der Waals surface area contributed by atoms with Crippen molar-refractivity contribution in [3.8, 4) is 5.75 Å². The molecule has 0 aromatic heterocycles. The third-order valence-corrected chi connectivity index (χ3v) is 4.05. The monoisotopic (exact) mass is 309 g/mol. The van der Waals surface area contributed by atoms with Gasteiger partial charge in [-0.25, -0.2) is 8.78 Å². The van der Waals surface area contributed by atoms with Gasteiger partial charge < -0.3 is 10.1 Å². The fourth-order valence-electron chi connectivity index (χ4n) is 2.71. The van der Waals surface area contributed by atoms with Crippen molar-refractivity contribution in [2.24, 2.45) is 0 Å². The number of benzene rings is 2. The molecule has 21 heavy (non-hydrogen) atoms. The number of rotatable bonds is 3. The first-order chi connectivity index (χ1) is 10.1. The Labute approximate surface area is 126 Å². The van der Waals surface area contributed by atoms with Gasteiger partial charge in [-0.2, -0.15) is 0 Å². The van der Waals surface area contributed by atoms with Gasteiger partial charge in [0.2, 0.25) is 0 Å². The average Bonchev–Trinajstić information content (AvgIpc) is 2.84. The molecule has 0 saturated heterocycles. The van der Waals surface area contributed by atoms with E-state index >= 15 is 0 Å². The summed E-state index contributed by atoms with van der Waals surface area (Å²) in [5.74, 6) is -0.610. The lowest BCUT2D eigenvalue weighted by atomic mass is 10.1. The van der Waals surface area contributed by atoms with Gasteiger partial charge in [-0.1, -0.05) is 17.7 Å². The summed E-state index contributed by atoms with van der Waals surface area (Å²) < 4.78 is 32.2. The lowest BCUT2D eigenvalue weighted by Gasteiger charge is -2.18. The van der Waals surface area contributed by atoms with Gasteiger partial charge in [0.15, 0.2) is 5.82 Å². The van der Waals surface area contributed by atoms with Gasteiger partial charge in [-0.15, -0.1) is 0 Å². The highest BCUT2D eigenvalue weighted by atomic mass is 35.5. The summed E-state index contributed by atoms with van der Waals surface area (Å²) in [5.41, 5.74) is 2.40. The standard InChI is InChI=1S/C16H14ClF2NO/c1-21-11-4-2-9-3-5-15(12(9)8-11)20-16-13(17)6-10(18)7-14(16)19/h2,4,6-8,15,20H,3,5H2,1H3. The van der Waals surface area contributed by atoms with Gasteiger partial charge in [-0.05, 0) is 42.2 Å². The Hall–Kier alpha value is -1.81. The van der Waals surface area contributed by atoms with Crippen molar-refractivity contribution in [2.45, 2.75) is 18.9 Å². The summed E-state index contributed by atoms with van der Waals surface area (Å²) in [7, 11) is 1.61. The van der Waals surface area contributed by atoms with Gasteiger partial charge >= 0.3 is 0 Å². The lowest BCUT2D eigenvalue weighted by Crippen LogP contribution is -2.09. The largest absolute Gasteiger partial charge is 0.497 e. The van der Waals surface area contributed by atoms with Crippen LogP contribution in [0.1, 0.15) is 23.6 Å². The smallest absolute Gasteiger partial charge is 0.150 e. The Morgan fingerprint density at radius 3 is 2.76 bits per heavy atom. The van der Waals surface area contributed by atoms with Crippen LogP contribution >= 0.6 is 11.6 Å². The van der Waals surface area contributed by atoms with Gasteiger partial charge in [0.25, 0.3) is 0 Å². The van der Waals surface area contributed by atoms with E-state index in [0.717, 1.165) is 36.3 Å². The first-order valence-electron chi connectivity index (χ1n) is 6.66. The molecule has 0 bridgehead atoms. The van der Waals surface area contributed by atoms with Crippen molar-refractivity contribution in [1.82, 2.24) is 0 Å². The van der Waals surface area contributed by atoms with E-state index in [4.69, 9.17) is 16.3 Å². The minimum Gasteiger partial charge on any atom is -0.497 e. The third kappa shape index (κ3) is 2.68. The number of anilines is 1. The van der Waals surface area contributed by atoms with Gasteiger partial charge in [0, 0.05) is 6.07 Å². The van der Waals surface area contributed by atoms with E-state index in [1.807, 2.05) is 18.2 Å². The zero-order valence-electron chi connectivity index (χ0n) is 11.4. The van der Waals surface area contributed by atoms with Crippen LogP contribution in [0.5, 0.6) is 5.75 Å². The molecule has 3 rings (SSSR count). The Balaban J connectivity index is 1.92. The van der Waals surface area contributed by atoms with Crippen molar-refractivity contribution in [3.05, 3.63) is 58.1 Å². The molecule has 2 aromatic rings. The fourth-order valence-corrected chi connectivity index (χ4v) is 2.96. The van der Waals surface area contributed by atoms with Crippen LogP contribution in [0.15, 0.2) is 30.3 Å². The second-order valence-electron chi connectivity index (χ2n) is 5.04. The summed E-state index contributed by atoms with van der Waals surface area (Å²) in [6, 6.07) is 7.73. The number of nitrogens with one attached hydrogen (secondary N) is 1. The zero-order chi connectivity index (χ0) is 15.0. The van der Waals surface area contributed by atoms with Crippen molar-refractivity contribution in [2.75, 3.05) is 12.4 Å². The molecule has 0 saturated carbocycles. The van der Waals surface area contributed by atoms with Crippen LogP contribution in [0.3, 0.4) is 0 Å². The highest BCUT2D eigenvalue weighted by Gasteiger charge is 2.24. The molecule has 5 heteroatoms. The molecule has 0 radical (unpaired) electrons. The first-order valence-corrected chi connectivity index (χ1v) is 7.04. The Morgan fingerprint density at radius 2 is 2.05 bits per heavy atom. The molecule has 0 heterocycles. The van der Waals surface area contributed by atoms with Crippen LogP contribution in [0.2, 0.25) is 5.02 Å². The zero-order valence-corrected chi connectivity index (χ0v) is 12.2. The lowest BCUT2D eigenvalue weighted by molar-refractivity contribution is 0.414. The minimum absolute atomic E-state index is 0.0452. The van der Waals surface area contributed by atoms with E-state index in [1.54, 1.807) is 7.11 Å². The third-order valence-electron chi connectivity index (χ3n) is 3.76. The molecule has 2 nitrogen and oxygen atoms in total. The van der Waals surface area contributed by atoms with Gasteiger partial charge in [-0.3, -0.25) is 0 Å². The maximum Gasteiger partial charge on any atom is 0.150 e. The number of halogens is 3. The number of fused-ring (bicyclic) bond motifs is 1. The van der Waals surface area contributed by atoms with Crippen molar-refractivity contribution < 1.29 is 13.5 Å². The average molecular weight is 310 g/mol. The second-order valence-corrected chi connectivity index (χ2v) is 5.45. The van der Waals surface area contributed by atoms with E-state index in [2.05, 4.69) is 5.32 Å². The normalized spacial score (nSPS) is 16.7. The molecule has 1 N–H and O–H groups in total. The van der Waals surface area contributed by atoms with Crippen LogP contribution in [0.25, 0.3) is 0 Å². The molecule has 1 aliphatic carbocycles. The van der Waals surface area contributed by atoms with Crippen LogP contribution in [-0.4, -0.2) is 7.11 Å². The number of ether oxygens (including phenoxy) is 1. The Morgan fingerprint density at radius 1 is 1.24 bits per heavy atom. The van der Waals surface area contributed by atoms with Gasteiger partial charge in [0.05, 0.1) is 23.9 Å². The highest BCUT2D eigenvalue weighted by Crippen LogP contribution is 2.38. The van der Waals surface area contributed by atoms with Gasteiger partial charge in [0.1, 0.15) is 11.6 Å². The summed E-state index contributed by atoms with van der Waals surface area (Å²) in [6.07, 6.45) is 1.73. The van der Waals surface area contributed by atoms with Crippen molar-refractivity contribution in [3.63, 3.8) is 0 Å². The highest BCUT2D eigenvalue weighted by molar-refractivity contribution is 6.33. The molecule has 1 unspecified atom stereocenters. The molecule has 0 fully saturated rings. The SMILES string of the molecule is COc1ccc2c(c1)C(Nc1c(F)cc(F)cc1Cl)CC2. The maximum atomic E-state index is 13.9. The predicted octanol–water partition coefficient (Wildman–Crippen LogP) is 4.73. The van der Waals surface area contributed by atoms with Crippen LogP contribution in [0, 0.1) is 11.6 Å². The van der Waals surface area contributed by atoms with Crippen LogP contribution in [-0.2, 0) is 6.42 Å². The summed E-state index contributed by atoms with van der Waals surface area (Å²) >= 11 is 5.93. The number of hydrogen-bond donors (Lipinski definition) is 1. The number of hydrogen-bond acceptors (Lipinski definition) is 2. The summed E-state index contributed by atoms with van der Waals surface area (Å²) in [5, 5.41) is 3.13. The molecule has 1 aliphatic rings. The molecule has 0 aliphatic heterocycles. The topological polar surface area (TPSA) is 21.3 Å². The van der Waals surface area contributed by atoms with Crippen molar-refractivity contribution >= 4 is 17.3 Å². The molecule has 0 amide bonds. The quantitative estimate of drug-likeness (QED) is 0.885. The van der Waals surface area contributed by atoms with E-state index < -0.39 is 11.6 Å². The maximum absolute atomic E-state index is 13.9. The summed E-state index contributed by atoms with van der Waals surface area (Å²) in [4.78, 5) is 0. The number of aryl methyl sites for hydroxylation is 1. The molecule has 1 atom stereocenters. The van der Waals surface area contributed by atoms with E-state index in [9.17, 15) is 8.78 Å². The Bertz CT molecular complexity index is 667. The van der Waals surface area contributed by atoms with Crippen LogP contribution < -0.4 is 10.1 Å². The first kappa shape index (κ1) is 14.1. The molecule has 2 aromatic carbocycles. The predicted molar refractivity (Wildman–Crippen MR) is 79.0 cm³/mol. The summed E-state index contributed by atoms with van der Waals surface area (Å²) in [6.45, 7) is 0. The molecular weight excluding hydrogens is 296 g/mol. The molecule has 0 spiro atoms. The van der Waals surface area contributed by atoms with E-state index in [1.165, 1.54) is 5.56 Å². The van der Waals surface area contributed by atoms with Crippen molar-refractivity contribution in [1.29, 1.82) is 0 Å².